The third kappa shape index (κ3) is 45.4. The Balaban J connectivity index is -0.000000174. The molecule has 0 aromatic rings. The van der Waals surface area contributed by atoms with Crippen LogP contribution in [0, 0.1) is 47.3 Å². The van der Waals surface area contributed by atoms with Gasteiger partial charge in [0.1, 0.15) is 0 Å². The van der Waals surface area contributed by atoms with Gasteiger partial charge in [-0.3, -0.25) is 0 Å². The minimum absolute atomic E-state index is 0. The van der Waals surface area contributed by atoms with Crippen molar-refractivity contribution in [3.05, 3.63) is 0 Å². The summed E-state index contributed by atoms with van der Waals surface area (Å²) in [5.74, 6) is 5.03. The summed E-state index contributed by atoms with van der Waals surface area (Å²) < 4.78 is 2.43. The van der Waals surface area contributed by atoms with Crippen molar-refractivity contribution in [2.24, 2.45) is 47.3 Å². The van der Waals surface area contributed by atoms with Crippen LogP contribution in [0.1, 0.15) is 111 Å². The Morgan fingerprint density at radius 3 is 0.429 bits per heavy atom. The molecule has 0 amide bonds. The van der Waals surface area contributed by atoms with Crippen LogP contribution in [0.2, 0.25) is 0 Å². The third-order valence-corrected chi connectivity index (χ3v) is 7.78. The van der Waals surface area contributed by atoms with E-state index in [1.54, 1.807) is 0 Å². The van der Waals surface area contributed by atoms with E-state index < -0.39 is 0 Å². The van der Waals surface area contributed by atoms with Crippen molar-refractivity contribution in [3.63, 3.8) is 0 Å². The van der Waals surface area contributed by atoms with Crippen LogP contribution in [-0.2, 0) is 50.5 Å². The zero-order valence-corrected chi connectivity index (χ0v) is 44.2. The van der Waals surface area contributed by atoms with Gasteiger partial charge in [0.2, 0.25) is 0 Å². The second-order valence-corrected chi connectivity index (χ2v) is 20.0. The molecular weight excluding hydrogens is 952 g/mol. The van der Waals surface area contributed by atoms with E-state index in [2.05, 4.69) is 130 Å². The van der Waals surface area contributed by atoms with Crippen molar-refractivity contribution < 1.29 is 0 Å². The molecule has 49 heavy (non-hydrogen) atoms. The first kappa shape index (κ1) is 59.6. The fourth-order valence-corrected chi connectivity index (χ4v) is 5.61. The molecule has 4 radical (unpaired) electrons. The van der Waals surface area contributed by atoms with E-state index >= 15 is 0 Å². The van der Waals surface area contributed by atoms with Crippen molar-refractivity contribution in [1.82, 2.24) is 19.6 Å². The van der Waals surface area contributed by atoms with Crippen molar-refractivity contribution in [2.45, 2.75) is 111 Å². The zero-order valence-electron chi connectivity index (χ0n) is 33.8. The van der Waals surface area contributed by atoms with Crippen LogP contribution in [0.5, 0.6) is 0 Å². The largest absolute Gasteiger partial charge is 0.411 e. The Hall–Kier alpha value is 1.36. The molecule has 4 nitrogen and oxygen atoms in total. The molecule has 0 bridgehead atoms. The molecule has 0 aromatic heterocycles. The Morgan fingerprint density at radius 2 is 0.388 bits per heavy atom. The fraction of sp³-hybridized carbons (Fsp3) is 0.889. The summed E-state index contributed by atoms with van der Waals surface area (Å²) in [5.41, 5.74) is 0. The SMILES string of the molecule is CC(C)CN(CC(C)C)C(=S)[S-].CC(C)CN(CC(C)C)C(=S)[S-].CC(C)CN(CC(C)C)C(=S)[S-].CC(C)CN(CC(C)C)C(=S)[S-].[Pb]. The second-order valence-electron chi connectivity index (χ2n) is 15.8. The van der Waals surface area contributed by atoms with Gasteiger partial charge in [0.15, 0.2) is 0 Å². The van der Waals surface area contributed by atoms with E-state index in [0.29, 0.717) is 64.6 Å². The van der Waals surface area contributed by atoms with Gasteiger partial charge in [0.05, 0.1) is 0 Å². The van der Waals surface area contributed by atoms with Gasteiger partial charge in [-0.1, -0.05) is 128 Å². The summed E-state index contributed by atoms with van der Waals surface area (Å²) in [6, 6.07) is 0. The zero-order chi connectivity index (χ0) is 38.9. The summed E-state index contributed by atoms with van der Waals surface area (Å²) in [6.45, 7) is 42.8. The van der Waals surface area contributed by atoms with E-state index in [9.17, 15) is 0 Å². The normalized spacial score (nSPS) is 10.6. The molecular formula is C36H72N4PbS8-4. The average Bonchev–Trinajstić information content (AvgIpc) is 2.86. The van der Waals surface area contributed by atoms with Crippen LogP contribution in [-0.4, -0.2) is 117 Å². The monoisotopic (exact) mass is 1020 g/mol. The van der Waals surface area contributed by atoms with Gasteiger partial charge >= 0.3 is 0 Å². The average molecular weight is 1020 g/mol. The summed E-state index contributed by atoms with van der Waals surface area (Å²) in [7, 11) is 0. The number of nitrogens with zero attached hydrogens (tertiary/aromatic N) is 4. The molecule has 0 aliphatic rings. The van der Waals surface area contributed by atoms with Crippen LogP contribution in [0.25, 0.3) is 0 Å². The third-order valence-electron chi connectivity index (χ3n) is 5.72. The van der Waals surface area contributed by atoms with Gasteiger partial charge in [-0.05, 0) is 47.3 Å². The van der Waals surface area contributed by atoms with Gasteiger partial charge in [0.25, 0.3) is 0 Å². The number of thiocarbonyl (C=S) groups is 4. The van der Waals surface area contributed by atoms with Gasteiger partial charge in [0, 0.05) is 79.7 Å². The molecule has 0 rings (SSSR count). The summed E-state index contributed by atoms with van der Waals surface area (Å²) in [4.78, 5) is 8.44. The van der Waals surface area contributed by atoms with Crippen LogP contribution >= 0.6 is 48.9 Å². The number of hydrogen-bond donors (Lipinski definition) is 0. The molecule has 0 aromatic carbocycles. The molecule has 0 aliphatic heterocycles. The van der Waals surface area contributed by atoms with E-state index in [4.69, 9.17) is 99.4 Å². The molecule has 0 aliphatic carbocycles. The molecule has 0 heterocycles. The Labute approximate surface area is 370 Å². The van der Waals surface area contributed by atoms with E-state index in [-0.39, 0.29) is 27.3 Å². The van der Waals surface area contributed by atoms with E-state index in [1.807, 2.05) is 0 Å². The standard InChI is InChI=1S/4C9H19NS2.Pb/c4*1-7(2)5-10(9(11)12)6-8(3)4;/h4*7-8H,5-6H2,1-4H3,(H,11,12);/p-4. The minimum atomic E-state index is 0. The van der Waals surface area contributed by atoms with Crippen molar-refractivity contribution in [3.8, 4) is 0 Å². The quantitative estimate of drug-likeness (QED) is 0.0832. The second kappa shape index (κ2) is 35.1. The maximum absolute atomic E-state index is 4.99. The molecule has 0 saturated heterocycles. The molecule has 13 heteroatoms. The Bertz CT molecular complexity index is 677. The predicted octanol–water partition coefficient (Wildman–Crippen LogP) is 9.35. The molecule has 0 unspecified atom stereocenters. The van der Waals surface area contributed by atoms with Crippen molar-refractivity contribution >= 4 is 144 Å². The van der Waals surface area contributed by atoms with E-state index in [1.165, 1.54) is 0 Å². The summed E-state index contributed by atoms with van der Waals surface area (Å²) in [5, 5.41) is 0. The van der Waals surface area contributed by atoms with Crippen LogP contribution in [0.3, 0.4) is 0 Å². The first-order valence-electron chi connectivity index (χ1n) is 17.6. The van der Waals surface area contributed by atoms with Crippen LogP contribution in [0.15, 0.2) is 0 Å². The van der Waals surface area contributed by atoms with Gasteiger partial charge in [-0.2, -0.15) is 0 Å². The Kier molecular flexibility index (Phi) is 42.7. The Morgan fingerprint density at radius 1 is 0.306 bits per heavy atom. The van der Waals surface area contributed by atoms with Gasteiger partial charge < -0.3 is 119 Å². The molecule has 0 N–H and O–H groups in total. The number of hydrogen-bond acceptors (Lipinski definition) is 8. The fourth-order valence-electron chi connectivity index (χ4n) is 4.42. The van der Waals surface area contributed by atoms with Crippen molar-refractivity contribution in [1.29, 1.82) is 0 Å². The molecule has 292 valence electrons. The smallest absolute Gasteiger partial charge is 0.0185 e. The maximum Gasteiger partial charge on any atom is 0.0185 e. The summed E-state index contributed by atoms with van der Waals surface area (Å²) >= 11 is 40.0. The molecule has 0 spiro atoms. The van der Waals surface area contributed by atoms with Gasteiger partial charge in [-0.25, -0.2) is 0 Å². The molecule has 0 fully saturated rings. The first-order chi connectivity index (χ1) is 21.7. The van der Waals surface area contributed by atoms with Crippen LogP contribution < -0.4 is 0 Å². The molecule has 0 saturated carbocycles. The van der Waals surface area contributed by atoms with Crippen LogP contribution in [0.4, 0.5) is 0 Å². The summed E-state index contributed by atoms with van der Waals surface area (Å²) in [6.07, 6.45) is 0. The molecule has 0 atom stereocenters. The number of rotatable bonds is 16. The van der Waals surface area contributed by atoms with Crippen molar-refractivity contribution in [2.75, 3.05) is 52.4 Å². The minimum Gasteiger partial charge on any atom is -0.411 e. The first-order valence-corrected chi connectivity index (χ1v) is 20.8. The van der Waals surface area contributed by atoms with E-state index in [0.717, 1.165) is 52.4 Å². The maximum atomic E-state index is 4.99. The topological polar surface area (TPSA) is 13.0 Å². The predicted molar refractivity (Wildman–Crippen MR) is 251 cm³/mol. The van der Waals surface area contributed by atoms with Gasteiger partial charge in [-0.15, -0.1) is 0 Å².